The molecule has 0 spiro atoms. The van der Waals surface area contributed by atoms with E-state index < -0.39 is 5.91 Å². The number of amides is 1. The van der Waals surface area contributed by atoms with Crippen LogP contribution in [-0.2, 0) is 4.79 Å². The molecule has 1 atom stereocenters. The summed E-state index contributed by atoms with van der Waals surface area (Å²) in [4.78, 5) is 12.3. The fourth-order valence-electron chi connectivity index (χ4n) is 2.51. The minimum atomic E-state index is -0.604. The Labute approximate surface area is 159 Å². The number of rotatable bonds is 7. The minimum Gasteiger partial charge on any atom is -0.506 e. The molecule has 2 aromatic carbocycles. The van der Waals surface area contributed by atoms with Crippen LogP contribution >= 0.6 is 0 Å². The zero-order valence-corrected chi connectivity index (χ0v) is 15.6. The maximum absolute atomic E-state index is 12.3. The van der Waals surface area contributed by atoms with Gasteiger partial charge < -0.3 is 20.5 Å². The Kier molecular flexibility index (Phi) is 6.84. The van der Waals surface area contributed by atoms with Crippen molar-refractivity contribution in [1.29, 1.82) is 5.26 Å². The van der Waals surface area contributed by atoms with Crippen LogP contribution in [0.4, 0.5) is 5.69 Å². The number of hydrogen-bond donors (Lipinski definition) is 3. The third-order valence-electron chi connectivity index (χ3n) is 3.93. The van der Waals surface area contributed by atoms with Gasteiger partial charge in [0.15, 0.2) is 0 Å². The molecular weight excluding hydrogens is 342 g/mol. The van der Waals surface area contributed by atoms with Gasteiger partial charge in [-0.1, -0.05) is 29.8 Å². The van der Waals surface area contributed by atoms with E-state index in [9.17, 15) is 15.2 Å². The molecule has 0 aliphatic carbocycles. The summed E-state index contributed by atoms with van der Waals surface area (Å²) in [5.74, 6) is 0.0900. The predicted molar refractivity (Wildman–Crippen MR) is 104 cm³/mol. The lowest BCUT2D eigenvalue weighted by Crippen LogP contribution is -2.19. The summed E-state index contributed by atoms with van der Waals surface area (Å²) in [6.07, 6.45) is 1.37. The van der Waals surface area contributed by atoms with E-state index in [1.807, 2.05) is 45.0 Å². The highest BCUT2D eigenvalue weighted by Gasteiger charge is 2.14. The molecule has 0 bridgehead atoms. The second kappa shape index (κ2) is 9.30. The standard InChI is InChI=1S/C21H23N3O3/c1-4-27-20-10-9-14(2)11-17(20)15(3)23-13-16(12-22)21(26)24-18-7-5-6-8-19(18)25/h5-11,13,15,23,25H,4H2,1-3H3,(H,24,26)/b16-13-. The van der Waals surface area contributed by atoms with Gasteiger partial charge in [0.1, 0.15) is 23.1 Å². The molecule has 27 heavy (non-hydrogen) atoms. The largest absolute Gasteiger partial charge is 0.506 e. The number of carbonyl (C=O) groups is 1. The lowest BCUT2D eigenvalue weighted by molar-refractivity contribution is -0.112. The average Bonchev–Trinajstić information content (AvgIpc) is 2.65. The molecular formula is C21H23N3O3. The number of hydrogen-bond acceptors (Lipinski definition) is 5. The van der Waals surface area contributed by atoms with Crippen LogP contribution in [0.15, 0.2) is 54.2 Å². The van der Waals surface area contributed by atoms with E-state index in [-0.39, 0.29) is 23.1 Å². The van der Waals surface area contributed by atoms with Crippen LogP contribution in [0.5, 0.6) is 11.5 Å². The molecule has 2 rings (SSSR count). The molecule has 0 saturated heterocycles. The van der Waals surface area contributed by atoms with Crippen LogP contribution in [0.25, 0.3) is 0 Å². The van der Waals surface area contributed by atoms with Crippen LogP contribution in [0.3, 0.4) is 0 Å². The maximum Gasteiger partial charge on any atom is 0.267 e. The van der Waals surface area contributed by atoms with Crippen molar-refractivity contribution in [3.05, 3.63) is 65.4 Å². The van der Waals surface area contributed by atoms with Gasteiger partial charge in [0.05, 0.1) is 18.3 Å². The number of carbonyl (C=O) groups excluding carboxylic acids is 1. The Balaban J connectivity index is 2.15. The lowest BCUT2D eigenvalue weighted by Gasteiger charge is -2.18. The zero-order chi connectivity index (χ0) is 19.8. The third-order valence-corrected chi connectivity index (χ3v) is 3.93. The predicted octanol–water partition coefficient (Wildman–Crippen LogP) is 3.80. The van der Waals surface area contributed by atoms with Gasteiger partial charge in [0.2, 0.25) is 0 Å². The number of anilines is 1. The Morgan fingerprint density at radius 2 is 2.07 bits per heavy atom. The van der Waals surface area contributed by atoms with E-state index in [0.29, 0.717) is 6.61 Å². The van der Waals surface area contributed by atoms with Gasteiger partial charge in [-0.05, 0) is 39.0 Å². The number of phenols is 1. The number of benzene rings is 2. The molecule has 0 fully saturated rings. The van der Waals surface area contributed by atoms with Crippen molar-refractivity contribution in [1.82, 2.24) is 5.32 Å². The smallest absolute Gasteiger partial charge is 0.267 e. The van der Waals surface area contributed by atoms with E-state index in [1.165, 1.54) is 12.3 Å². The topological polar surface area (TPSA) is 94.4 Å². The molecule has 1 unspecified atom stereocenters. The van der Waals surface area contributed by atoms with E-state index in [4.69, 9.17) is 4.74 Å². The van der Waals surface area contributed by atoms with Crippen LogP contribution in [0, 0.1) is 18.3 Å². The van der Waals surface area contributed by atoms with Crippen LogP contribution in [0.1, 0.15) is 31.0 Å². The highest BCUT2D eigenvalue weighted by Crippen LogP contribution is 2.27. The lowest BCUT2D eigenvalue weighted by atomic mass is 10.0. The summed E-state index contributed by atoms with van der Waals surface area (Å²) in [7, 11) is 0. The molecule has 0 aliphatic rings. The first kappa shape index (κ1) is 19.9. The number of ether oxygens (including phenoxy) is 1. The first-order valence-electron chi connectivity index (χ1n) is 8.65. The molecule has 0 aliphatic heterocycles. The summed E-state index contributed by atoms with van der Waals surface area (Å²) in [6.45, 7) is 6.37. The summed E-state index contributed by atoms with van der Waals surface area (Å²) in [5.41, 5.74) is 2.17. The monoisotopic (exact) mass is 365 g/mol. The second-order valence-electron chi connectivity index (χ2n) is 6.00. The minimum absolute atomic E-state index is 0.0643. The number of nitrogens with one attached hydrogen (secondary N) is 2. The first-order chi connectivity index (χ1) is 13.0. The first-order valence-corrected chi connectivity index (χ1v) is 8.65. The quantitative estimate of drug-likeness (QED) is 0.394. The van der Waals surface area contributed by atoms with Crippen molar-refractivity contribution in [3.63, 3.8) is 0 Å². The van der Waals surface area contributed by atoms with Gasteiger partial charge in [-0.3, -0.25) is 4.79 Å². The number of phenolic OH excluding ortho intramolecular Hbond substituents is 1. The van der Waals surface area contributed by atoms with E-state index in [2.05, 4.69) is 10.6 Å². The Morgan fingerprint density at radius 3 is 2.74 bits per heavy atom. The Morgan fingerprint density at radius 1 is 1.33 bits per heavy atom. The summed E-state index contributed by atoms with van der Waals surface area (Å²) < 4.78 is 5.65. The van der Waals surface area contributed by atoms with Crippen LogP contribution in [-0.4, -0.2) is 17.6 Å². The van der Waals surface area contributed by atoms with Gasteiger partial charge in [0.25, 0.3) is 5.91 Å². The van der Waals surface area contributed by atoms with Crippen molar-refractivity contribution >= 4 is 11.6 Å². The third kappa shape index (κ3) is 5.25. The highest BCUT2D eigenvalue weighted by atomic mass is 16.5. The highest BCUT2D eigenvalue weighted by molar-refractivity contribution is 6.07. The van der Waals surface area contributed by atoms with Crippen molar-refractivity contribution < 1.29 is 14.6 Å². The van der Waals surface area contributed by atoms with Gasteiger partial charge in [-0.15, -0.1) is 0 Å². The maximum atomic E-state index is 12.3. The van der Waals surface area contributed by atoms with Gasteiger partial charge in [-0.2, -0.15) is 5.26 Å². The normalized spacial score (nSPS) is 12.0. The zero-order valence-electron chi connectivity index (χ0n) is 15.6. The molecule has 6 heteroatoms. The SMILES string of the molecule is CCOc1ccc(C)cc1C(C)N/C=C(/C#N)C(=O)Nc1ccccc1O. The molecule has 2 aromatic rings. The summed E-state index contributed by atoms with van der Waals surface area (Å²) >= 11 is 0. The van der Waals surface area contributed by atoms with E-state index in [1.54, 1.807) is 18.2 Å². The summed E-state index contributed by atoms with van der Waals surface area (Å²) in [6, 6.07) is 13.9. The Hall–Kier alpha value is -3.46. The number of aromatic hydroxyl groups is 1. The van der Waals surface area contributed by atoms with Crippen molar-refractivity contribution in [3.8, 4) is 17.6 Å². The molecule has 0 radical (unpaired) electrons. The van der Waals surface area contributed by atoms with Gasteiger partial charge in [-0.25, -0.2) is 0 Å². The molecule has 3 N–H and O–H groups in total. The second-order valence-corrected chi connectivity index (χ2v) is 6.00. The fourth-order valence-corrected chi connectivity index (χ4v) is 2.51. The Bertz CT molecular complexity index is 884. The number of para-hydroxylation sites is 2. The molecule has 6 nitrogen and oxygen atoms in total. The summed E-state index contributed by atoms with van der Waals surface area (Å²) in [5, 5.41) is 24.6. The van der Waals surface area contributed by atoms with Crippen molar-refractivity contribution in [2.24, 2.45) is 0 Å². The number of nitrogens with zero attached hydrogens (tertiary/aromatic N) is 1. The van der Waals surface area contributed by atoms with Gasteiger partial charge in [0, 0.05) is 11.8 Å². The average molecular weight is 365 g/mol. The molecule has 0 saturated carbocycles. The number of nitriles is 1. The van der Waals surface area contributed by atoms with Crippen LogP contribution in [0.2, 0.25) is 0 Å². The number of aryl methyl sites for hydroxylation is 1. The van der Waals surface area contributed by atoms with Crippen LogP contribution < -0.4 is 15.4 Å². The molecule has 140 valence electrons. The molecule has 0 aromatic heterocycles. The van der Waals surface area contributed by atoms with E-state index in [0.717, 1.165) is 16.9 Å². The van der Waals surface area contributed by atoms with Gasteiger partial charge >= 0.3 is 0 Å². The van der Waals surface area contributed by atoms with E-state index >= 15 is 0 Å². The molecule has 0 heterocycles. The van der Waals surface area contributed by atoms with Crippen molar-refractivity contribution in [2.45, 2.75) is 26.8 Å². The van der Waals surface area contributed by atoms with Crippen molar-refractivity contribution in [2.75, 3.05) is 11.9 Å². The molecule has 1 amide bonds. The fraction of sp³-hybridized carbons (Fsp3) is 0.238.